The highest BCUT2D eigenvalue weighted by molar-refractivity contribution is 7.89. The van der Waals surface area contributed by atoms with Crippen molar-refractivity contribution in [2.24, 2.45) is 5.92 Å². The van der Waals surface area contributed by atoms with Crippen LogP contribution in [-0.4, -0.2) is 37.7 Å². The Hall–Kier alpha value is -2.23. The van der Waals surface area contributed by atoms with Gasteiger partial charge in [-0.3, -0.25) is 4.79 Å². The Morgan fingerprint density at radius 2 is 1.96 bits per heavy atom. The maximum Gasteiger partial charge on any atom is 0.265 e. The van der Waals surface area contributed by atoms with Crippen molar-refractivity contribution in [1.29, 1.82) is 0 Å². The number of aromatic carboxylic acids is 1. The van der Waals surface area contributed by atoms with Crippen LogP contribution in [0, 0.1) is 5.92 Å². The summed E-state index contributed by atoms with van der Waals surface area (Å²) in [4.78, 5) is 23.5. The molecule has 1 aromatic carbocycles. The summed E-state index contributed by atoms with van der Waals surface area (Å²) in [6, 6.07) is 6.93. The molecule has 1 atom stereocenters. The van der Waals surface area contributed by atoms with Gasteiger partial charge in [-0.05, 0) is 42.5 Å². The molecule has 7 nitrogen and oxygen atoms in total. The third kappa shape index (κ3) is 4.37. The summed E-state index contributed by atoms with van der Waals surface area (Å²) < 4.78 is 27.0. The molecule has 1 N–H and O–H groups in total. The van der Waals surface area contributed by atoms with Gasteiger partial charge in [0.2, 0.25) is 10.0 Å². The molecule has 0 saturated carbocycles. The van der Waals surface area contributed by atoms with Crippen molar-refractivity contribution in [2.75, 3.05) is 18.4 Å². The normalized spacial score (nSPS) is 18.2. The van der Waals surface area contributed by atoms with Gasteiger partial charge in [-0.15, -0.1) is 11.3 Å². The molecule has 144 valence electrons. The molecule has 0 bridgehead atoms. The van der Waals surface area contributed by atoms with Crippen LogP contribution < -0.4 is 10.4 Å². The van der Waals surface area contributed by atoms with Gasteiger partial charge in [0.05, 0.1) is 15.7 Å². The molecule has 9 heteroatoms. The highest BCUT2D eigenvalue weighted by atomic mass is 32.2. The summed E-state index contributed by atoms with van der Waals surface area (Å²) in [5, 5.41) is 14.8. The van der Waals surface area contributed by atoms with Crippen molar-refractivity contribution in [3.63, 3.8) is 0 Å². The number of thiophene rings is 1. The second kappa shape index (κ2) is 7.79. The minimum Gasteiger partial charge on any atom is -0.545 e. The minimum atomic E-state index is -3.60. The number of carboxylic acid groups (broad SMARTS) is 1. The van der Waals surface area contributed by atoms with Crippen LogP contribution in [0.2, 0.25) is 0 Å². The van der Waals surface area contributed by atoms with Gasteiger partial charge in [0.15, 0.2) is 0 Å². The van der Waals surface area contributed by atoms with E-state index < -0.39 is 21.9 Å². The SMILES string of the molecule is C[C@H]1CCCN(S(=O)(=O)c2csc(C(=O)Nc3ccc(C(=O)[O-])cc3)c2)C1. The number of hydrogen-bond donors (Lipinski definition) is 1. The highest BCUT2D eigenvalue weighted by Crippen LogP contribution is 2.27. The van der Waals surface area contributed by atoms with Crippen molar-refractivity contribution in [2.45, 2.75) is 24.7 Å². The topological polar surface area (TPSA) is 107 Å². The molecule has 3 rings (SSSR count). The van der Waals surface area contributed by atoms with Gasteiger partial charge in [-0.2, -0.15) is 4.31 Å². The van der Waals surface area contributed by atoms with Gasteiger partial charge in [0.1, 0.15) is 0 Å². The lowest BCUT2D eigenvalue weighted by molar-refractivity contribution is -0.255. The zero-order valence-electron chi connectivity index (χ0n) is 14.7. The zero-order valence-corrected chi connectivity index (χ0v) is 16.3. The molecule has 0 unspecified atom stereocenters. The molecule has 0 radical (unpaired) electrons. The monoisotopic (exact) mass is 407 g/mol. The lowest BCUT2D eigenvalue weighted by Crippen LogP contribution is -2.38. The van der Waals surface area contributed by atoms with Crippen LogP contribution in [0.5, 0.6) is 0 Å². The Morgan fingerprint density at radius 3 is 2.59 bits per heavy atom. The molecular formula is C18H19N2O5S2-. The van der Waals surface area contributed by atoms with E-state index in [0.717, 1.165) is 24.2 Å². The van der Waals surface area contributed by atoms with E-state index in [4.69, 9.17) is 0 Å². The van der Waals surface area contributed by atoms with Crippen LogP contribution in [0.4, 0.5) is 5.69 Å². The van der Waals surface area contributed by atoms with Gasteiger partial charge in [0, 0.05) is 24.2 Å². The number of sulfonamides is 1. The number of carbonyl (C=O) groups is 2. The fourth-order valence-corrected chi connectivity index (χ4v) is 5.72. The molecule has 2 aromatic rings. The number of carboxylic acids is 1. The molecule has 0 spiro atoms. The summed E-state index contributed by atoms with van der Waals surface area (Å²) in [5.41, 5.74) is 0.418. The van der Waals surface area contributed by atoms with E-state index in [2.05, 4.69) is 5.32 Å². The molecule has 1 amide bonds. The van der Waals surface area contributed by atoms with Gasteiger partial charge < -0.3 is 15.2 Å². The van der Waals surface area contributed by atoms with Crippen LogP contribution in [0.3, 0.4) is 0 Å². The van der Waals surface area contributed by atoms with Crippen LogP contribution >= 0.6 is 11.3 Å². The molecule has 1 aliphatic rings. The summed E-state index contributed by atoms with van der Waals surface area (Å²) in [6.45, 7) is 3.01. The Labute approximate surface area is 161 Å². The Kier molecular flexibility index (Phi) is 5.64. The van der Waals surface area contributed by atoms with E-state index >= 15 is 0 Å². The van der Waals surface area contributed by atoms with Crippen molar-refractivity contribution in [1.82, 2.24) is 4.31 Å². The van der Waals surface area contributed by atoms with E-state index in [1.165, 1.54) is 40.0 Å². The first kappa shape index (κ1) is 19.5. The van der Waals surface area contributed by atoms with E-state index in [-0.39, 0.29) is 15.3 Å². The van der Waals surface area contributed by atoms with Crippen molar-refractivity contribution in [3.05, 3.63) is 46.2 Å². The summed E-state index contributed by atoms with van der Waals surface area (Å²) in [6.07, 6.45) is 1.85. The average molecular weight is 407 g/mol. The number of carbonyl (C=O) groups excluding carboxylic acids is 2. The summed E-state index contributed by atoms with van der Waals surface area (Å²) in [5.74, 6) is -1.43. The standard InChI is InChI=1S/C18H20N2O5S2/c1-12-3-2-8-20(10-12)27(24,25)15-9-16(26-11-15)17(21)19-14-6-4-13(5-7-14)18(22)23/h4-7,9,11-12H,2-3,8,10H2,1H3,(H,19,21)(H,22,23)/p-1/t12-/m0/s1. The fraction of sp³-hybridized carbons (Fsp3) is 0.333. The van der Waals surface area contributed by atoms with Crippen molar-refractivity contribution >= 4 is 38.9 Å². The molecule has 1 aliphatic heterocycles. The third-order valence-corrected chi connectivity index (χ3v) is 7.36. The second-order valence-electron chi connectivity index (χ2n) is 6.58. The van der Waals surface area contributed by atoms with Gasteiger partial charge in [0.25, 0.3) is 5.91 Å². The van der Waals surface area contributed by atoms with E-state index in [1.807, 2.05) is 6.92 Å². The molecule has 1 aromatic heterocycles. The van der Waals surface area contributed by atoms with Gasteiger partial charge in [-0.25, -0.2) is 8.42 Å². The van der Waals surface area contributed by atoms with E-state index in [1.54, 1.807) is 0 Å². The quantitative estimate of drug-likeness (QED) is 0.813. The predicted octanol–water partition coefficient (Wildman–Crippen LogP) is 1.78. The highest BCUT2D eigenvalue weighted by Gasteiger charge is 2.30. The van der Waals surface area contributed by atoms with E-state index in [0.29, 0.717) is 24.7 Å². The summed E-state index contributed by atoms with van der Waals surface area (Å²) >= 11 is 1.05. The lowest BCUT2D eigenvalue weighted by Gasteiger charge is -2.29. The number of amides is 1. The largest absolute Gasteiger partial charge is 0.545 e. The molecule has 1 fully saturated rings. The second-order valence-corrected chi connectivity index (χ2v) is 9.43. The van der Waals surface area contributed by atoms with Crippen LogP contribution in [0.25, 0.3) is 0 Å². The maximum atomic E-state index is 12.8. The van der Waals surface area contributed by atoms with Gasteiger partial charge >= 0.3 is 0 Å². The van der Waals surface area contributed by atoms with Crippen LogP contribution in [-0.2, 0) is 10.0 Å². The van der Waals surface area contributed by atoms with Crippen molar-refractivity contribution < 1.29 is 23.1 Å². The smallest absolute Gasteiger partial charge is 0.265 e. The first-order valence-corrected chi connectivity index (χ1v) is 10.8. The number of nitrogens with zero attached hydrogens (tertiary/aromatic N) is 1. The molecule has 0 aliphatic carbocycles. The number of piperidine rings is 1. The maximum absolute atomic E-state index is 12.8. The number of benzene rings is 1. The molecular weight excluding hydrogens is 388 g/mol. The minimum absolute atomic E-state index is 0.00765. The third-order valence-electron chi connectivity index (χ3n) is 4.44. The first-order chi connectivity index (χ1) is 12.8. The predicted molar refractivity (Wildman–Crippen MR) is 100 cm³/mol. The van der Waals surface area contributed by atoms with Crippen LogP contribution in [0.1, 0.15) is 39.8 Å². The molecule has 1 saturated heterocycles. The average Bonchev–Trinajstić information content (AvgIpc) is 3.13. The van der Waals surface area contributed by atoms with Crippen molar-refractivity contribution in [3.8, 4) is 0 Å². The summed E-state index contributed by atoms with van der Waals surface area (Å²) in [7, 11) is -3.60. The van der Waals surface area contributed by atoms with Gasteiger partial charge in [-0.1, -0.05) is 19.1 Å². The number of anilines is 1. The Morgan fingerprint density at radius 1 is 1.26 bits per heavy atom. The number of hydrogen-bond acceptors (Lipinski definition) is 6. The first-order valence-electron chi connectivity index (χ1n) is 8.49. The zero-order chi connectivity index (χ0) is 19.6. The molecule has 2 heterocycles. The Balaban J connectivity index is 1.72. The Bertz CT molecular complexity index is 950. The number of nitrogens with one attached hydrogen (secondary N) is 1. The fourth-order valence-electron chi connectivity index (χ4n) is 2.97. The number of rotatable bonds is 5. The van der Waals surface area contributed by atoms with E-state index in [9.17, 15) is 23.1 Å². The van der Waals surface area contributed by atoms with Crippen LogP contribution in [0.15, 0.2) is 40.6 Å². The lowest BCUT2D eigenvalue weighted by atomic mass is 10.0. The molecule has 27 heavy (non-hydrogen) atoms.